The predicted octanol–water partition coefficient (Wildman–Crippen LogP) is 4.90. The molecular weight excluding hydrogens is 510 g/mol. The molecule has 0 aliphatic rings. The summed E-state index contributed by atoms with van der Waals surface area (Å²) in [5.74, 6) is -0.148. The summed E-state index contributed by atoms with van der Waals surface area (Å²) in [4.78, 5) is 29.1. The van der Waals surface area contributed by atoms with Gasteiger partial charge in [0.2, 0.25) is 10.0 Å². The number of nitrogens with zero attached hydrogens (tertiary/aromatic N) is 1. The molecule has 0 atom stereocenters. The van der Waals surface area contributed by atoms with Crippen molar-refractivity contribution in [2.45, 2.75) is 33.1 Å². The number of hydrogen-bond acceptors (Lipinski definition) is 8. The fourth-order valence-electron chi connectivity index (χ4n) is 3.51. The van der Waals surface area contributed by atoms with Crippen molar-refractivity contribution in [2.75, 3.05) is 30.5 Å². The maximum Gasteiger partial charge on any atom is 0.356 e. The molecule has 2 aromatic carbocycles. The molecule has 0 saturated carbocycles. The number of hydrogen-bond donors (Lipinski definition) is 2. The van der Waals surface area contributed by atoms with Gasteiger partial charge in [-0.25, -0.2) is 18.2 Å². The first-order chi connectivity index (χ1) is 17.7. The molecule has 38 heavy (non-hydrogen) atoms. The first-order valence-electron chi connectivity index (χ1n) is 11.6. The number of rotatable bonds is 8. The number of carbonyl (C=O) groups excluding carboxylic acids is 2. The van der Waals surface area contributed by atoms with Crippen molar-refractivity contribution in [3.05, 3.63) is 71.0 Å². The Kier molecular flexibility index (Phi) is 8.31. The summed E-state index contributed by atoms with van der Waals surface area (Å²) in [6, 6.07) is 11.4. The van der Waals surface area contributed by atoms with Crippen molar-refractivity contribution in [1.82, 2.24) is 4.98 Å². The summed E-state index contributed by atoms with van der Waals surface area (Å²) >= 11 is 0. The Bertz CT molecular complexity index is 1480. The number of aryl methyl sites for hydroxylation is 1. The van der Waals surface area contributed by atoms with Crippen LogP contribution in [0.25, 0.3) is 0 Å². The van der Waals surface area contributed by atoms with Crippen LogP contribution in [0, 0.1) is 6.92 Å². The van der Waals surface area contributed by atoms with Crippen LogP contribution in [0.3, 0.4) is 0 Å². The van der Waals surface area contributed by atoms with E-state index in [1.54, 1.807) is 36.4 Å². The molecule has 10 nitrogen and oxygen atoms in total. The monoisotopic (exact) mass is 541 g/mol. The molecule has 0 spiro atoms. The van der Waals surface area contributed by atoms with E-state index in [4.69, 9.17) is 14.2 Å². The van der Waals surface area contributed by atoms with Gasteiger partial charge < -0.3 is 19.5 Å². The number of carbonyl (C=O) groups is 2. The fraction of sp³-hybridized carbons (Fsp3) is 0.296. The smallest absolute Gasteiger partial charge is 0.356 e. The van der Waals surface area contributed by atoms with Crippen LogP contribution in [0.15, 0.2) is 48.7 Å². The van der Waals surface area contributed by atoms with Gasteiger partial charge in [-0.3, -0.25) is 9.52 Å². The molecule has 0 saturated heterocycles. The molecule has 0 aliphatic heterocycles. The second-order valence-electron chi connectivity index (χ2n) is 9.63. The third kappa shape index (κ3) is 7.00. The highest BCUT2D eigenvalue weighted by Gasteiger charge is 2.23. The Morgan fingerprint density at radius 1 is 0.974 bits per heavy atom. The third-order valence-corrected chi connectivity index (χ3v) is 6.10. The molecule has 202 valence electrons. The predicted molar refractivity (Wildman–Crippen MR) is 145 cm³/mol. The first kappa shape index (κ1) is 28.5. The van der Waals surface area contributed by atoms with Crippen LogP contribution >= 0.6 is 0 Å². The summed E-state index contributed by atoms with van der Waals surface area (Å²) in [5.41, 5.74) is 2.07. The molecule has 3 rings (SSSR count). The van der Waals surface area contributed by atoms with Crippen molar-refractivity contribution in [1.29, 1.82) is 0 Å². The van der Waals surface area contributed by atoms with Crippen molar-refractivity contribution in [3.63, 3.8) is 0 Å². The van der Waals surface area contributed by atoms with Gasteiger partial charge in [0.15, 0.2) is 11.4 Å². The zero-order chi connectivity index (χ0) is 28.3. The molecule has 2 N–H and O–H groups in total. The van der Waals surface area contributed by atoms with Crippen molar-refractivity contribution >= 4 is 33.3 Å². The lowest BCUT2D eigenvalue weighted by molar-refractivity contribution is 0.0593. The number of amides is 1. The third-order valence-electron chi connectivity index (χ3n) is 5.51. The number of sulfonamides is 1. The lowest BCUT2D eigenvalue weighted by Crippen LogP contribution is -2.18. The van der Waals surface area contributed by atoms with Gasteiger partial charge in [0.05, 0.1) is 31.9 Å². The molecule has 0 aliphatic carbocycles. The molecule has 0 fully saturated rings. The largest absolute Gasteiger partial charge is 0.492 e. The highest BCUT2D eigenvalue weighted by molar-refractivity contribution is 7.92. The Balaban J connectivity index is 1.97. The second-order valence-corrected chi connectivity index (χ2v) is 11.4. The number of nitrogens with one attached hydrogen (secondary N) is 2. The lowest BCUT2D eigenvalue weighted by Gasteiger charge is -2.24. The quantitative estimate of drug-likeness (QED) is 0.385. The Morgan fingerprint density at radius 2 is 1.66 bits per heavy atom. The minimum atomic E-state index is -3.61. The van der Waals surface area contributed by atoms with E-state index in [1.807, 2.05) is 27.7 Å². The van der Waals surface area contributed by atoms with Gasteiger partial charge in [-0.1, -0.05) is 26.8 Å². The lowest BCUT2D eigenvalue weighted by atomic mass is 9.86. The van der Waals surface area contributed by atoms with Gasteiger partial charge in [0.1, 0.15) is 11.5 Å². The minimum Gasteiger partial charge on any atom is -0.492 e. The number of methoxy groups -OCH3 is 2. The number of aromatic nitrogens is 1. The maximum absolute atomic E-state index is 13.3. The normalized spacial score (nSPS) is 11.4. The van der Waals surface area contributed by atoms with Crippen LogP contribution in [0.4, 0.5) is 11.4 Å². The SMILES string of the molecule is COC(=O)c1cc(Oc2cc(C(=O)Nc3cc(C(C)(C)C)cc(NS(C)(=O)=O)c3OC)ccc2C)ccn1. The molecule has 0 radical (unpaired) electrons. The number of pyridine rings is 1. The van der Waals surface area contributed by atoms with Gasteiger partial charge >= 0.3 is 5.97 Å². The Hall–Kier alpha value is -4.12. The van der Waals surface area contributed by atoms with E-state index in [0.29, 0.717) is 17.2 Å². The van der Waals surface area contributed by atoms with E-state index in [1.165, 1.54) is 26.5 Å². The van der Waals surface area contributed by atoms with E-state index >= 15 is 0 Å². The van der Waals surface area contributed by atoms with E-state index in [-0.39, 0.29) is 28.1 Å². The van der Waals surface area contributed by atoms with E-state index in [9.17, 15) is 18.0 Å². The highest BCUT2D eigenvalue weighted by atomic mass is 32.2. The zero-order valence-electron chi connectivity index (χ0n) is 22.3. The second kappa shape index (κ2) is 11.1. The fourth-order valence-corrected chi connectivity index (χ4v) is 4.06. The van der Waals surface area contributed by atoms with Crippen LogP contribution in [0.2, 0.25) is 0 Å². The molecule has 11 heteroatoms. The van der Waals surface area contributed by atoms with E-state index in [2.05, 4.69) is 15.0 Å². The van der Waals surface area contributed by atoms with Gasteiger partial charge in [0.25, 0.3) is 5.91 Å². The van der Waals surface area contributed by atoms with Crippen molar-refractivity contribution in [2.24, 2.45) is 0 Å². The summed E-state index contributed by atoms with van der Waals surface area (Å²) in [6.45, 7) is 7.73. The minimum absolute atomic E-state index is 0.0842. The molecule has 0 unspecified atom stereocenters. The molecule has 1 amide bonds. The summed E-state index contributed by atoms with van der Waals surface area (Å²) in [5, 5.41) is 2.83. The van der Waals surface area contributed by atoms with Crippen LogP contribution < -0.4 is 19.5 Å². The molecular formula is C27H31N3O7S. The Labute approximate surface area is 222 Å². The molecule has 0 bridgehead atoms. The van der Waals surface area contributed by atoms with Crippen molar-refractivity contribution < 1.29 is 32.2 Å². The van der Waals surface area contributed by atoms with E-state index in [0.717, 1.165) is 17.4 Å². The highest BCUT2D eigenvalue weighted by Crippen LogP contribution is 2.39. The van der Waals surface area contributed by atoms with Crippen LogP contribution in [0.1, 0.15) is 52.7 Å². The number of esters is 1. The topological polar surface area (TPSA) is 133 Å². The van der Waals surface area contributed by atoms with Gasteiger partial charge in [0, 0.05) is 17.8 Å². The molecule has 1 aromatic heterocycles. The van der Waals surface area contributed by atoms with Crippen LogP contribution in [0.5, 0.6) is 17.2 Å². The number of anilines is 2. The molecule has 1 heterocycles. The standard InChI is InChI=1S/C27H31N3O7S/c1-16-8-9-17(12-23(16)37-19-10-11-28-22(15-19)26(32)36-6)25(31)29-20-13-18(27(2,3)4)14-21(24(20)35-5)30-38(7,33)34/h8-15,30H,1-7H3,(H,29,31). The Morgan fingerprint density at radius 3 is 2.26 bits per heavy atom. The van der Waals surface area contributed by atoms with E-state index < -0.39 is 21.9 Å². The average molecular weight is 542 g/mol. The number of benzene rings is 2. The van der Waals surface area contributed by atoms with Gasteiger partial charge in [-0.2, -0.15) is 0 Å². The first-order valence-corrected chi connectivity index (χ1v) is 13.5. The van der Waals surface area contributed by atoms with Crippen LogP contribution in [-0.4, -0.2) is 45.8 Å². The summed E-state index contributed by atoms with van der Waals surface area (Å²) in [7, 11) is -0.959. The summed E-state index contributed by atoms with van der Waals surface area (Å²) in [6.07, 6.45) is 2.46. The van der Waals surface area contributed by atoms with Gasteiger partial charge in [-0.05, 0) is 53.8 Å². The number of ether oxygens (including phenoxy) is 3. The maximum atomic E-state index is 13.3. The average Bonchev–Trinajstić information content (AvgIpc) is 2.83. The molecule has 3 aromatic rings. The van der Waals surface area contributed by atoms with Crippen LogP contribution in [-0.2, 0) is 20.2 Å². The van der Waals surface area contributed by atoms with Gasteiger partial charge in [-0.15, -0.1) is 0 Å². The van der Waals surface area contributed by atoms with Crippen molar-refractivity contribution in [3.8, 4) is 17.2 Å². The summed E-state index contributed by atoms with van der Waals surface area (Å²) < 4.78 is 42.5. The zero-order valence-corrected chi connectivity index (χ0v) is 23.1.